The van der Waals surface area contributed by atoms with E-state index in [-0.39, 0.29) is 18.0 Å². The Bertz CT molecular complexity index is 1020. The number of aromatic nitrogens is 2. The van der Waals surface area contributed by atoms with Gasteiger partial charge in [0, 0.05) is 26.2 Å². The van der Waals surface area contributed by atoms with Crippen molar-refractivity contribution in [2.45, 2.75) is 4.90 Å². The number of benzene rings is 1. The van der Waals surface area contributed by atoms with E-state index >= 15 is 0 Å². The first-order valence-corrected chi connectivity index (χ1v) is 10.7. The lowest BCUT2D eigenvalue weighted by atomic mass is 10.3. The normalized spacial score (nSPS) is 15.8. The maximum atomic E-state index is 13.9. The number of sulfonamides is 1. The van der Waals surface area contributed by atoms with Crippen molar-refractivity contribution < 1.29 is 12.8 Å². The van der Waals surface area contributed by atoms with Gasteiger partial charge in [0.15, 0.2) is 5.82 Å². The van der Waals surface area contributed by atoms with Crippen molar-refractivity contribution in [3.8, 4) is 10.6 Å². The van der Waals surface area contributed by atoms with Gasteiger partial charge >= 0.3 is 0 Å². The first-order chi connectivity index (χ1) is 13.1. The van der Waals surface area contributed by atoms with Crippen LogP contribution in [0.2, 0.25) is 0 Å². The van der Waals surface area contributed by atoms with E-state index in [0.717, 1.165) is 16.6 Å². The van der Waals surface area contributed by atoms with Gasteiger partial charge in [0.05, 0.1) is 4.88 Å². The zero-order valence-corrected chi connectivity index (χ0v) is 16.0. The van der Waals surface area contributed by atoms with E-state index in [2.05, 4.69) is 10.2 Å². The first-order valence-electron chi connectivity index (χ1n) is 8.43. The molecule has 1 aliphatic heterocycles. The van der Waals surface area contributed by atoms with Crippen molar-refractivity contribution >= 4 is 27.2 Å². The molecule has 0 radical (unpaired) electrons. The van der Waals surface area contributed by atoms with Crippen LogP contribution in [0.4, 0.5) is 10.2 Å². The van der Waals surface area contributed by atoms with Crippen LogP contribution in [-0.2, 0) is 10.0 Å². The van der Waals surface area contributed by atoms with Gasteiger partial charge in [0.25, 0.3) is 0 Å². The van der Waals surface area contributed by atoms with Crippen molar-refractivity contribution in [1.29, 1.82) is 0 Å². The molecule has 2 aromatic heterocycles. The van der Waals surface area contributed by atoms with Gasteiger partial charge in [-0.3, -0.25) is 0 Å². The summed E-state index contributed by atoms with van der Waals surface area (Å²) in [6.07, 6.45) is 0. The van der Waals surface area contributed by atoms with Crippen LogP contribution in [0.3, 0.4) is 0 Å². The van der Waals surface area contributed by atoms with Gasteiger partial charge in [-0.1, -0.05) is 18.2 Å². The van der Waals surface area contributed by atoms with Gasteiger partial charge in [0.1, 0.15) is 16.4 Å². The number of nitrogens with zero attached hydrogens (tertiary/aromatic N) is 4. The molecule has 0 spiro atoms. The first kappa shape index (κ1) is 18.0. The van der Waals surface area contributed by atoms with E-state index in [1.165, 1.54) is 22.5 Å². The SMILES string of the molecule is O=S(=O)(c1ccccc1F)N1CCN(c2ccc(-c3cccs3)nn2)CC1. The molecular weight excluding hydrogens is 387 g/mol. The smallest absolute Gasteiger partial charge is 0.246 e. The summed E-state index contributed by atoms with van der Waals surface area (Å²) >= 11 is 1.60. The van der Waals surface area contributed by atoms with Crippen LogP contribution in [0.1, 0.15) is 0 Å². The predicted molar refractivity (Wildman–Crippen MR) is 103 cm³/mol. The minimum atomic E-state index is -3.84. The van der Waals surface area contributed by atoms with Crippen LogP contribution in [0.5, 0.6) is 0 Å². The summed E-state index contributed by atoms with van der Waals surface area (Å²) < 4.78 is 40.6. The minimum absolute atomic E-state index is 0.269. The van der Waals surface area contributed by atoms with Crippen LogP contribution in [0.25, 0.3) is 10.6 Å². The summed E-state index contributed by atoms with van der Waals surface area (Å²) in [6.45, 7) is 1.48. The van der Waals surface area contributed by atoms with E-state index in [1.807, 2.05) is 34.5 Å². The van der Waals surface area contributed by atoms with Crippen molar-refractivity contribution in [1.82, 2.24) is 14.5 Å². The summed E-state index contributed by atoms with van der Waals surface area (Å²) in [7, 11) is -3.84. The monoisotopic (exact) mass is 404 g/mol. The van der Waals surface area contributed by atoms with Crippen LogP contribution in [0, 0.1) is 5.82 Å². The van der Waals surface area contributed by atoms with Gasteiger partial charge in [-0.05, 0) is 35.7 Å². The lowest BCUT2D eigenvalue weighted by molar-refractivity contribution is 0.381. The fourth-order valence-electron chi connectivity index (χ4n) is 3.00. The molecule has 0 bridgehead atoms. The zero-order valence-electron chi connectivity index (χ0n) is 14.3. The van der Waals surface area contributed by atoms with E-state index in [4.69, 9.17) is 0 Å². The number of halogens is 1. The topological polar surface area (TPSA) is 66.4 Å². The molecule has 0 saturated carbocycles. The third-order valence-corrected chi connectivity index (χ3v) is 7.27. The van der Waals surface area contributed by atoms with E-state index in [0.29, 0.717) is 18.9 Å². The number of hydrogen-bond acceptors (Lipinski definition) is 6. The Labute approximate surface area is 160 Å². The predicted octanol–water partition coefficient (Wildman–Crippen LogP) is 2.86. The molecule has 0 amide bonds. The molecule has 0 N–H and O–H groups in total. The quantitative estimate of drug-likeness (QED) is 0.669. The standard InChI is InChI=1S/C18H17FN4O2S2/c19-14-4-1-2-6-17(14)27(24,25)23-11-9-22(10-12-23)18-8-7-15(20-21-18)16-5-3-13-26-16/h1-8,13H,9-12H2. The summed E-state index contributed by atoms with van der Waals surface area (Å²) in [5, 5.41) is 10.5. The molecular formula is C18H17FN4O2S2. The molecule has 140 valence electrons. The largest absolute Gasteiger partial charge is 0.352 e. The van der Waals surface area contributed by atoms with E-state index in [9.17, 15) is 12.8 Å². The molecule has 0 aliphatic carbocycles. The van der Waals surface area contributed by atoms with Gasteiger partial charge < -0.3 is 4.90 Å². The highest BCUT2D eigenvalue weighted by molar-refractivity contribution is 7.89. The van der Waals surface area contributed by atoms with Gasteiger partial charge in [-0.15, -0.1) is 21.5 Å². The Hall–Kier alpha value is -2.36. The molecule has 1 saturated heterocycles. The molecule has 0 atom stereocenters. The second-order valence-electron chi connectivity index (χ2n) is 6.08. The average Bonchev–Trinajstić information content (AvgIpc) is 3.23. The number of thiophene rings is 1. The highest BCUT2D eigenvalue weighted by Gasteiger charge is 2.30. The molecule has 1 aromatic carbocycles. The van der Waals surface area contributed by atoms with Crippen molar-refractivity contribution in [3.63, 3.8) is 0 Å². The third-order valence-electron chi connectivity index (χ3n) is 4.44. The molecule has 4 rings (SSSR count). The van der Waals surface area contributed by atoms with Crippen molar-refractivity contribution in [2.75, 3.05) is 31.1 Å². The summed E-state index contributed by atoms with van der Waals surface area (Å²) in [4.78, 5) is 2.76. The summed E-state index contributed by atoms with van der Waals surface area (Å²) in [6, 6.07) is 13.2. The number of hydrogen-bond donors (Lipinski definition) is 0. The van der Waals surface area contributed by atoms with Crippen molar-refractivity contribution in [3.05, 3.63) is 59.7 Å². The second-order valence-corrected chi connectivity index (χ2v) is 8.93. The average molecular weight is 404 g/mol. The molecule has 9 heteroatoms. The van der Waals surface area contributed by atoms with E-state index < -0.39 is 15.8 Å². The molecule has 3 heterocycles. The van der Waals surface area contributed by atoms with Crippen LogP contribution in [0.15, 0.2) is 58.8 Å². The Kier molecular flexibility index (Phi) is 4.90. The summed E-state index contributed by atoms with van der Waals surface area (Å²) in [5.41, 5.74) is 0.814. The lowest BCUT2D eigenvalue weighted by Gasteiger charge is -2.34. The zero-order chi connectivity index (χ0) is 18.9. The number of rotatable bonds is 4. The van der Waals surface area contributed by atoms with Gasteiger partial charge in [-0.25, -0.2) is 12.8 Å². The fourth-order valence-corrected chi connectivity index (χ4v) is 5.18. The Morgan fingerprint density at radius 3 is 2.33 bits per heavy atom. The van der Waals surface area contributed by atoms with Crippen LogP contribution < -0.4 is 4.90 Å². The maximum absolute atomic E-state index is 13.9. The maximum Gasteiger partial charge on any atom is 0.246 e. The Morgan fingerprint density at radius 2 is 1.70 bits per heavy atom. The molecule has 6 nitrogen and oxygen atoms in total. The van der Waals surface area contributed by atoms with Gasteiger partial charge in [-0.2, -0.15) is 4.31 Å². The lowest BCUT2D eigenvalue weighted by Crippen LogP contribution is -2.49. The third kappa shape index (κ3) is 3.58. The minimum Gasteiger partial charge on any atom is -0.352 e. The van der Waals surface area contributed by atoms with Crippen LogP contribution >= 0.6 is 11.3 Å². The van der Waals surface area contributed by atoms with Gasteiger partial charge in [0.2, 0.25) is 10.0 Å². The Balaban J connectivity index is 1.45. The van der Waals surface area contributed by atoms with E-state index in [1.54, 1.807) is 11.3 Å². The molecule has 3 aromatic rings. The molecule has 27 heavy (non-hydrogen) atoms. The molecule has 1 fully saturated rings. The molecule has 0 unspecified atom stereocenters. The highest BCUT2D eigenvalue weighted by atomic mass is 32.2. The van der Waals surface area contributed by atoms with Crippen LogP contribution in [-0.4, -0.2) is 49.1 Å². The van der Waals surface area contributed by atoms with Crippen molar-refractivity contribution in [2.24, 2.45) is 0 Å². The fraction of sp³-hybridized carbons (Fsp3) is 0.222. The Morgan fingerprint density at radius 1 is 0.926 bits per heavy atom. The highest BCUT2D eigenvalue weighted by Crippen LogP contribution is 2.25. The number of anilines is 1. The number of piperazine rings is 1. The summed E-state index contributed by atoms with van der Waals surface area (Å²) in [5.74, 6) is -0.0202. The molecule has 1 aliphatic rings. The second kappa shape index (κ2) is 7.34.